The molecule has 122 valence electrons. The van der Waals surface area contributed by atoms with Crippen LogP contribution < -0.4 is 14.9 Å². The Bertz CT molecular complexity index is 950. The second-order valence-corrected chi connectivity index (χ2v) is 5.05. The van der Waals surface area contributed by atoms with Gasteiger partial charge in [0.1, 0.15) is 6.61 Å². The first-order valence-electron chi connectivity index (χ1n) is 7.15. The van der Waals surface area contributed by atoms with Gasteiger partial charge in [0.15, 0.2) is 11.5 Å². The molecule has 2 aromatic carbocycles. The SMILES string of the molecule is COc1ccc2c(=O)c([N+](=O)[O-])c[nH]c2c1OCc1ccccc1. The summed E-state index contributed by atoms with van der Waals surface area (Å²) in [4.78, 5) is 25.2. The van der Waals surface area contributed by atoms with Crippen molar-refractivity contribution >= 4 is 16.6 Å². The molecule has 3 rings (SSSR count). The molecular formula is C17H14N2O5. The number of nitrogens with one attached hydrogen (secondary N) is 1. The molecule has 0 aliphatic heterocycles. The number of nitro groups is 1. The molecule has 0 bridgehead atoms. The van der Waals surface area contributed by atoms with Gasteiger partial charge in [0.2, 0.25) is 0 Å². The normalized spacial score (nSPS) is 10.5. The molecule has 0 spiro atoms. The third-order valence-electron chi connectivity index (χ3n) is 3.59. The van der Waals surface area contributed by atoms with E-state index in [1.165, 1.54) is 13.2 Å². The lowest BCUT2D eigenvalue weighted by atomic mass is 10.1. The number of nitrogens with zero attached hydrogens (tertiary/aromatic N) is 1. The van der Waals surface area contributed by atoms with Crippen molar-refractivity contribution in [1.29, 1.82) is 0 Å². The van der Waals surface area contributed by atoms with Gasteiger partial charge < -0.3 is 14.5 Å². The molecule has 0 aliphatic carbocycles. The van der Waals surface area contributed by atoms with Crippen LogP contribution in [-0.2, 0) is 6.61 Å². The van der Waals surface area contributed by atoms with E-state index in [0.29, 0.717) is 17.0 Å². The quantitative estimate of drug-likeness (QED) is 0.574. The number of methoxy groups -OCH3 is 1. The molecule has 3 aromatic rings. The van der Waals surface area contributed by atoms with Crippen molar-refractivity contribution in [2.45, 2.75) is 6.61 Å². The summed E-state index contributed by atoms with van der Waals surface area (Å²) < 4.78 is 11.1. The van der Waals surface area contributed by atoms with Crippen LogP contribution in [-0.4, -0.2) is 17.0 Å². The largest absolute Gasteiger partial charge is 0.493 e. The fourth-order valence-electron chi connectivity index (χ4n) is 2.41. The van der Waals surface area contributed by atoms with Crippen molar-refractivity contribution in [2.24, 2.45) is 0 Å². The molecule has 24 heavy (non-hydrogen) atoms. The molecular weight excluding hydrogens is 312 g/mol. The summed E-state index contributed by atoms with van der Waals surface area (Å²) in [5.41, 5.74) is 0.129. The molecule has 0 saturated heterocycles. The summed E-state index contributed by atoms with van der Waals surface area (Å²) in [6.07, 6.45) is 1.07. The molecule has 7 heteroatoms. The molecule has 0 amide bonds. The van der Waals surface area contributed by atoms with Crippen molar-refractivity contribution < 1.29 is 14.4 Å². The van der Waals surface area contributed by atoms with Gasteiger partial charge in [-0.15, -0.1) is 0 Å². The maximum Gasteiger partial charge on any atom is 0.332 e. The van der Waals surface area contributed by atoms with Crippen molar-refractivity contribution in [3.05, 3.63) is 74.6 Å². The Kier molecular flexibility index (Phi) is 4.15. The number of aromatic amines is 1. The first kappa shape index (κ1) is 15.5. The smallest absolute Gasteiger partial charge is 0.332 e. The lowest BCUT2D eigenvalue weighted by Crippen LogP contribution is -2.10. The second kappa shape index (κ2) is 6.41. The van der Waals surface area contributed by atoms with E-state index in [1.807, 2.05) is 30.3 Å². The summed E-state index contributed by atoms with van der Waals surface area (Å²) in [6, 6.07) is 12.5. The molecule has 0 saturated carbocycles. The van der Waals surface area contributed by atoms with Crippen LogP contribution in [0.3, 0.4) is 0 Å². The molecule has 0 aliphatic rings. The Balaban J connectivity index is 2.09. The Hall–Kier alpha value is -3.35. The van der Waals surface area contributed by atoms with E-state index >= 15 is 0 Å². The lowest BCUT2D eigenvalue weighted by Gasteiger charge is -2.13. The van der Waals surface area contributed by atoms with Crippen LogP contribution in [0.5, 0.6) is 11.5 Å². The van der Waals surface area contributed by atoms with Gasteiger partial charge in [0, 0.05) is 0 Å². The Labute approximate surface area is 136 Å². The van der Waals surface area contributed by atoms with Gasteiger partial charge in [-0.05, 0) is 17.7 Å². The van der Waals surface area contributed by atoms with Gasteiger partial charge in [-0.25, -0.2) is 0 Å². The molecule has 0 fully saturated rings. The number of H-pyrrole nitrogens is 1. The highest BCUT2D eigenvalue weighted by Gasteiger charge is 2.19. The Morgan fingerprint density at radius 3 is 2.58 bits per heavy atom. The maximum absolute atomic E-state index is 12.2. The van der Waals surface area contributed by atoms with Crippen LogP contribution in [0.4, 0.5) is 5.69 Å². The van der Waals surface area contributed by atoms with Gasteiger partial charge in [0.05, 0.1) is 29.1 Å². The number of fused-ring (bicyclic) bond motifs is 1. The number of benzene rings is 2. The topological polar surface area (TPSA) is 94.5 Å². The molecule has 1 N–H and O–H groups in total. The second-order valence-electron chi connectivity index (χ2n) is 5.05. The van der Waals surface area contributed by atoms with Crippen LogP contribution in [0.25, 0.3) is 10.9 Å². The Morgan fingerprint density at radius 1 is 1.17 bits per heavy atom. The molecule has 1 aromatic heterocycles. The first-order valence-corrected chi connectivity index (χ1v) is 7.15. The fraction of sp³-hybridized carbons (Fsp3) is 0.118. The van der Waals surface area contributed by atoms with Crippen LogP contribution in [0, 0.1) is 10.1 Å². The van der Waals surface area contributed by atoms with Crippen LogP contribution >= 0.6 is 0 Å². The predicted molar refractivity (Wildman–Crippen MR) is 88.5 cm³/mol. The average molecular weight is 326 g/mol. The molecule has 0 unspecified atom stereocenters. The van der Waals surface area contributed by atoms with Crippen LogP contribution in [0.1, 0.15) is 5.56 Å². The van der Waals surface area contributed by atoms with Crippen molar-refractivity contribution in [3.63, 3.8) is 0 Å². The van der Waals surface area contributed by atoms with E-state index < -0.39 is 16.0 Å². The number of aromatic nitrogens is 1. The summed E-state index contributed by atoms with van der Waals surface area (Å²) in [7, 11) is 1.49. The fourth-order valence-corrected chi connectivity index (χ4v) is 2.41. The first-order chi connectivity index (χ1) is 11.6. The minimum absolute atomic E-state index is 0.174. The highest BCUT2D eigenvalue weighted by atomic mass is 16.6. The van der Waals surface area contributed by atoms with E-state index in [2.05, 4.69) is 4.98 Å². The van der Waals surface area contributed by atoms with Gasteiger partial charge in [-0.2, -0.15) is 0 Å². The summed E-state index contributed by atoms with van der Waals surface area (Å²) in [5.74, 6) is 0.772. The van der Waals surface area contributed by atoms with Gasteiger partial charge in [-0.1, -0.05) is 30.3 Å². The molecule has 0 atom stereocenters. The number of ether oxygens (including phenoxy) is 2. The lowest BCUT2D eigenvalue weighted by molar-refractivity contribution is -0.386. The highest BCUT2D eigenvalue weighted by molar-refractivity contribution is 5.88. The zero-order chi connectivity index (χ0) is 17.1. The van der Waals surface area contributed by atoms with E-state index in [4.69, 9.17) is 9.47 Å². The zero-order valence-electron chi connectivity index (χ0n) is 12.8. The summed E-state index contributed by atoms with van der Waals surface area (Å²) in [6.45, 7) is 0.273. The number of hydrogen-bond acceptors (Lipinski definition) is 5. The van der Waals surface area contributed by atoms with E-state index in [1.54, 1.807) is 6.07 Å². The highest BCUT2D eigenvalue weighted by Crippen LogP contribution is 2.34. The van der Waals surface area contributed by atoms with Crippen molar-refractivity contribution in [3.8, 4) is 11.5 Å². The number of hydrogen-bond donors (Lipinski definition) is 1. The zero-order valence-corrected chi connectivity index (χ0v) is 12.8. The number of rotatable bonds is 5. The minimum atomic E-state index is -0.715. The van der Waals surface area contributed by atoms with E-state index in [9.17, 15) is 14.9 Å². The van der Waals surface area contributed by atoms with Crippen molar-refractivity contribution in [2.75, 3.05) is 7.11 Å². The van der Waals surface area contributed by atoms with Gasteiger partial charge in [0.25, 0.3) is 5.43 Å². The molecule has 1 heterocycles. The summed E-state index contributed by atoms with van der Waals surface area (Å²) >= 11 is 0. The number of pyridine rings is 1. The summed E-state index contributed by atoms with van der Waals surface area (Å²) in [5, 5.41) is 11.1. The standard InChI is InChI=1S/C17H14N2O5/c1-23-14-8-7-12-15(18-9-13(16(12)20)19(21)22)17(14)24-10-11-5-3-2-4-6-11/h2-9H,10H2,1H3,(H,18,20). The van der Waals surface area contributed by atoms with Crippen LogP contribution in [0.15, 0.2) is 53.5 Å². The van der Waals surface area contributed by atoms with Gasteiger partial charge >= 0.3 is 5.69 Å². The van der Waals surface area contributed by atoms with E-state index in [-0.39, 0.29) is 12.0 Å². The van der Waals surface area contributed by atoms with Crippen LogP contribution in [0.2, 0.25) is 0 Å². The van der Waals surface area contributed by atoms with E-state index in [0.717, 1.165) is 11.8 Å². The third kappa shape index (κ3) is 2.79. The molecule has 0 radical (unpaired) electrons. The maximum atomic E-state index is 12.2. The predicted octanol–water partition coefficient (Wildman–Crippen LogP) is 3.02. The monoisotopic (exact) mass is 326 g/mol. The van der Waals surface area contributed by atoms with Crippen molar-refractivity contribution in [1.82, 2.24) is 4.98 Å². The molecule has 7 nitrogen and oxygen atoms in total. The minimum Gasteiger partial charge on any atom is -0.493 e. The average Bonchev–Trinajstić information content (AvgIpc) is 2.60. The third-order valence-corrected chi connectivity index (χ3v) is 3.59. The Morgan fingerprint density at radius 2 is 1.92 bits per heavy atom. The van der Waals surface area contributed by atoms with Gasteiger partial charge in [-0.3, -0.25) is 14.9 Å².